The second-order valence-corrected chi connectivity index (χ2v) is 7.58. The molecule has 1 aliphatic rings. The molecule has 0 atom stereocenters. The molecule has 0 fully saturated rings. The molecular formula is C25H33NO. The largest absolute Gasteiger partial charge is 0.493 e. The van der Waals surface area contributed by atoms with E-state index in [1.165, 1.54) is 52.8 Å². The third kappa shape index (κ3) is 4.21. The van der Waals surface area contributed by atoms with Crippen LogP contribution in [0.15, 0.2) is 36.9 Å². The molecule has 2 aromatic rings. The van der Waals surface area contributed by atoms with Crippen LogP contribution in [0.1, 0.15) is 62.6 Å². The van der Waals surface area contributed by atoms with E-state index in [1.807, 2.05) is 6.08 Å². The molecule has 0 spiro atoms. The summed E-state index contributed by atoms with van der Waals surface area (Å²) in [6.07, 6.45) is 9.06. The predicted octanol–water partition coefficient (Wildman–Crippen LogP) is 6.86. The average molecular weight is 364 g/mol. The number of anilines is 1. The molecule has 0 saturated carbocycles. The molecule has 2 nitrogen and oxygen atoms in total. The van der Waals surface area contributed by atoms with Crippen molar-refractivity contribution in [3.8, 4) is 16.9 Å². The lowest BCUT2D eigenvalue weighted by Crippen LogP contribution is -2.23. The molecule has 0 aliphatic carbocycles. The van der Waals surface area contributed by atoms with Gasteiger partial charge in [0, 0.05) is 19.2 Å². The molecule has 2 heteroatoms. The maximum absolute atomic E-state index is 6.21. The first-order valence-electron chi connectivity index (χ1n) is 10.4. The van der Waals surface area contributed by atoms with Crippen LogP contribution in [-0.4, -0.2) is 13.7 Å². The molecular weight excluding hydrogens is 330 g/mol. The van der Waals surface area contributed by atoms with E-state index in [2.05, 4.69) is 62.7 Å². The molecule has 27 heavy (non-hydrogen) atoms. The summed E-state index contributed by atoms with van der Waals surface area (Å²) < 4.78 is 6.21. The van der Waals surface area contributed by atoms with Crippen LogP contribution in [0.2, 0.25) is 0 Å². The van der Waals surface area contributed by atoms with Gasteiger partial charge in [0.25, 0.3) is 0 Å². The Labute approximate surface area is 164 Å². The van der Waals surface area contributed by atoms with Crippen molar-refractivity contribution >= 4 is 11.8 Å². The lowest BCUT2D eigenvalue weighted by molar-refractivity contribution is 0.305. The molecule has 0 amide bonds. The number of unbranched alkanes of at least 4 members (excludes halogenated alkanes) is 3. The zero-order valence-electron chi connectivity index (χ0n) is 17.2. The summed E-state index contributed by atoms with van der Waals surface area (Å²) in [4.78, 5) is 2.33. The van der Waals surface area contributed by atoms with Crippen LogP contribution < -0.4 is 9.64 Å². The highest BCUT2D eigenvalue weighted by Gasteiger charge is 2.23. The van der Waals surface area contributed by atoms with E-state index < -0.39 is 0 Å². The van der Waals surface area contributed by atoms with Crippen LogP contribution in [0.3, 0.4) is 0 Å². The minimum atomic E-state index is 0.809. The summed E-state index contributed by atoms with van der Waals surface area (Å²) >= 11 is 0. The Kier molecular flexibility index (Phi) is 6.60. The molecule has 3 rings (SSSR count). The van der Waals surface area contributed by atoms with Gasteiger partial charge in [0.2, 0.25) is 0 Å². The van der Waals surface area contributed by atoms with Gasteiger partial charge in [-0.3, -0.25) is 0 Å². The van der Waals surface area contributed by atoms with E-state index in [0.717, 1.165) is 38.2 Å². The normalized spacial score (nSPS) is 12.5. The van der Waals surface area contributed by atoms with Crippen LogP contribution >= 0.6 is 0 Å². The molecule has 0 saturated heterocycles. The number of aryl methyl sites for hydroxylation is 1. The molecule has 0 unspecified atom stereocenters. The fraction of sp³-hybridized carbons (Fsp3) is 0.440. The Morgan fingerprint density at radius 3 is 2.63 bits per heavy atom. The van der Waals surface area contributed by atoms with Gasteiger partial charge in [-0.2, -0.15) is 0 Å². The van der Waals surface area contributed by atoms with E-state index in [1.54, 1.807) is 0 Å². The van der Waals surface area contributed by atoms with Crippen molar-refractivity contribution in [1.29, 1.82) is 0 Å². The Bertz CT molecular complexity index is 793. The summed E-state index contributed by atoms with van der Waals surface area (Å²) in [6.45, 7) is 10.2. The first kappa shape index (κ1) is 19.5. The molecule has 144 valence electrons. The number of ether oxygens (including phenoxy) is 1. The summed E-state index contributed by atoms with van der Waals surface area (Å²) in [5, 5.41) is 0. The van der Waals surface area contributed by atoms with Crippen molar-refractivity contribution < 1.29 is 4.74 Å². The zero-order valence-corrected chi connectivity index (χ0v) is 17.2. The van der Waals surface area contributed by atoms with Crippen LogP contribution in [0.5, 0.6) is 5.75 Å². The van der Waals surface area contributed by atoms with E-state index in [0.29, 0.717) is 0 Å². The Balaban J connectivity index is 2.03. The van der Waals surface area contributed by atoms with E-state index in [-0.39, 0.29) is 0 Å². The van der Waals surface area contributed by atoms with E-state index in [4.69, 9.17) is 4.74 Å². The molecule has 0 radical (unpaired) electrons. The maximum Gasteiger partial charge on any atom is 0.122 e. The van der Waals surface area contributed by atoms with Crippen molar-refractivity contribution in [3.05, 3.63) is 53.6 Å². The minimum absolute atomic E-state index is 0.809. The second kappa shape index (κ2) is 9.12. The summed E-state index contributed by atoms with van der Waals surface area (Å²) in [5.41, 5.74) is 7.89. The summed E-state index contributed by atoms with van der Waals surface area (Å²) in [6, 6.07) is 11.2. The standard InChI is InChI=1S/C25H33NO/c1-5-8-10-12-20-16-23-21(17-24(20)27-15-9-6-2)18-26(4)25-19(7-3)13-11-14-22(23)25/h7,11,13-14,16-17H,3,5-6,8-10,12,15,18H2,1-2,4H3. The Morgan fingerprint density at radius 1 is 1.07 bits per heavy atom. The number of para-hydroxylation sites is 1. The van der Waals surface area contributed by atoms with Crippen molar-refractivity contribution in [2.45, 2.75) is 58.9 Å². The summed E-state index contributed by atoms with van der Waals surface area (Å²) in [5.74, 6) is 1.09. The molecule has 0 aromatic heterocycles. The number of fused-ring (bicyclic) bond motifs is 3. The average Bonchev–Trinajstić information content (AvgIpc) is 2.68. The van der Waals surface area contributed by atoms with Crippen LogP contribution in [0.25, 0.3) is 17.2 Å². The third-order valence-corrected chi connectivity index (χ3v) is 5.46. The van der Waals surface area contributed by atoms with Gasteiger partial charge in [-0.25, -0.2) is 0 Å². The number of nitrogens with zero attached hydrogens (tertiary/aromatic N) is 1. The van der Waals surface area contributed by atoms with Crippen molar-refractivity contribution in [2.75, 3.05) is 18.6 Å². The monoisotopic (exact) mass is 363 g/mol. The van der Waals surface area contributed by atoms with Gasteiger partial charge < -0.3 is 9.64 Å². The van der Waals surface area contributed by atoms with Gasteiger partial charge >= 0.3 is 0 Å². The first-order valence-corrected chi connectivity index (χ1v) is 10.4. The number of rotatable bonds is 9. The van der Waals surface area contributed by atoms with Crippen LogP contribution in [0, 0.1) is 0 Å². The molecule has 0 bridgehead atoms. The number of hydrogen-bond donors (Lipinski definition) is 0. The fourth-order valence-electron chi connectivity index (χ4n) is 3.97. The Morgan fingerprint density at radius 2 is 1.89 bits per heavy atom. The number of benzene rings is 2. The van der Waals surface area contributed by atoms with Gasteiger partial charge in [-0.15, -0.1) is 0 Å². The Hall–Kier alpha value is -2.22. The van der Waals surface area contributed by atoms with E-state index in [9.17, 15) is 0 Å². The third-order valence-electron chi connectivity index (χ3n) is 5.46. The molecule has 2 aromatic carbocycles. The lowest BCUT2D eigenvalue weighted by Gasteiger charge is -2.32. The highest BCUT2D eigenvalue weighted by molar-refractivity contribution is 5.89. The van der Waals surface area contributed by atoms with E-state index >= 15 is 0 Å². The highest BCUT2D eigenvalue weighted by atomic mass is 16.5. The molecule has 1 aliphatic heterocycles. The quantitative estimate of drug-likeness (QED) is 0.451. The van der Waals surface area contributed by atoms with Gasteiger partial charge in [-0.05, 0) is 53.6 Å². The van der Waals surface area contributed by atoms with Crippen molar-refractivity contribution in [3.63, 3.8) is 0 Å². The maximum atomic E-state index is 6.21. The van der Waals surface area contributed by atoms with Gasteiger partial charge in [0.1, 0.15) is 5.75 Å². The fourth-order valence-corrected chi connectivity index (χ4v) is 3.97. The first-order chi connectivity index (χ1) is 13.2. The van der Waals surface area contributed by atoms with Crippen molar-refractivity contribution in [1.82, 2.24) is 0 Å². The molecule has 0 N–H and O–H groups in total. The number of hydrogen-bond acceptors (Lipinski definition) is 2. The SMILES string of the molecule is C=Cc1cccc2c1N(C)Cc1cc(OCCCC)c(CCCCC)cc1-2. The van der Waals surface area contributed by atoms with Gasteiger partial charge in [-0.1, -0.05) is 64.0 Å². The van der Waals surface area contributed by atoms with Crippen LogP contribution in [0.4, 0.5) is 5.69 Å². The summed E-state index contributed by atoms with van der Waals surface area (Å²) in [7, 11) is 2.17. The zero-order chi connectivity index (χ0) is 19.2. The predicted molar refractivity (Wildman–Crippen MR) is 118 cm³/mol. The van der Waals surface area contributed by atoms with Crippen LogP contribution in [-0.2, 0) is 13.0 Å². The lowest BCUT2D eigenvalue weighted by atomic mass is 9.88. The second-order valence-electron chi connectivity index (χ2n) is 7.58. The van der Waals surface area contributed by atoms with Gasteiger partial charge in [0.05, 0.1) is 12.3 Å². The van der Waals surface area contributed by atoms with Crippen molar-refractivity contribution in [2.24, 2.45) is 0 Å². The molecule has 1 heterocycles. The topological polar surface area (TPSA) is 12.5 Å². The highest BCUT2D eigenvalue weighted by Crippen LogP contribution is 2.43. The van der Waals surface area contributed by atoms with Gasteiger partial charge in [0.15, 0.2) is 0 Å². The minimum Gasteiger partial charge on any atom is -0.493 e. The smallest absolute Gasteiger partial charge is 0.122 e.